The summed E-state index contributed by atoms with van der Waals surface area (Å²) in [5, 5.41) is 0. The zero-order valence-corrected chi connectivity index (χ0v) is 9.69. The van der Waals surface area contributed by atoms with Gasteiger partial charge in [-0.2, -0.15) is 0 Å². The average Bonchev–Trinajstić information content (AvgIpc) is 2.01. The highest BCUT2D eigenvalue weighted by molar-refractivity contribution is 5.28. The second-order valence-corrected chi connectivity index (χ2v) is 4.55. The molecule has 2 heteroatoms. The minimum absolute atomic E-state index is 0.0363. The second-order valence-electron chi connectivity index (χ2n) is 4.55. The van der Waals surface area contributed by atoms with Crippen LogP contribution >= 0.6 is 0 Å². The topological polar surface area (TPSA) is 32.9 Å². The Bertz CT molecular complexity index is 388. The fourth-order valence-electron chi connectivity index (χ4n) is 1.87. The van der Waals surface area contributed by atoms with Gasteiger partial charge in [-0.3, -0.25) is 4.79 Å². The van der Waals surface area contributed by atoms with Gasteiger partial charge in [0.05, 0.1) is 0 Å². The first kappa shape index (κ1) is 11.0. The molecule has 0 aromatic carbocycles. The lowest BCUT2D eigenvalue weighted by Crippen LogP contribution is -2.27. The van der Waals surface area contributed by atoms with Crippen LogP contribution in [0.4, 0.5) is 0 Å². The summed E-state index contributed by atoms with van der Waals surface area (Å²) in [5.74, 6) is 0. The predicted molar refractivity (Wildman–Crippen MR) is 59.9 cm³/mol. The molecule has 1 aromatic heterocycles. The average molecular weight is 193 g/mol. The molecule has 1 heterocycles. The van der Waals surface area contributed by atoms with Gasteiger partial charge in [0.1, 0.15) is 0 Å². The van der Waals surface area contributed by atoms with Crippen molar-refractivity contribution in [1.82, 2.24) is 4.98 Å². The molecule has 0 saturated carbocycles. The molecule has 2 nitrogen and oxygen atoms in total. The fraction of sp³-hybridized carbons (Fsp3) is 0.583. The molecule has 0 aliphatic rings. The van der Waals surface area contributed by atoms with Crippen LogP contribution in [-0.4, -0.2) is 4.98 Å². The van der Waals surface area contributed by atoms with Crippen molar-refractivity contribution < 1.29 is 0 Å². The summed E-state index contributed by atoms with van der Waals surface area (Å²) >= 11 is 0. The van der Waals surface area contributed by atoms with Crippen LogP contribution in [-0.2, 0) is 5.41 Å². The minimum Gasteiger partial charge on any atom is -0.362 e. The molecule has 0 saturated heterocycles. The second kappa shape index (κ2) is 3.60. The van der Waals surface area contributed by atoms with E-state index in [9.17, 15) is 4.79 Å². The van der Waals surface area contributed by atoms with E-state index in [1.165, 1.54) is 0 Å². The van der Waals surface area contributed by atoms with Crippen molar-refractivity contribution in [3.63, 3.8) is 0 Å². The third kappa shape index (κ3) is 1.89. The van der Waals surface area contributed by atoms with Gasteiger partial charge in [0.25, 0.3) is 0 Å². The van der Waals surface area contributed by atoms with E-state index in [-0.39, 0.29) is 10.8 Å². The number of rotatable bonds is 2. The molecule has 0 unspecified atom stereocenters. The third-order valence-corrected chi connectivity index (χ3v) is 2.91. The molecule has 0 radical (unpaired) electrons. The molecule has 14 heavy (non-hydrogen) atoms. The first-order valence-corrected chi connectivity index (χ1v) is 5.09. The molecule has 78 valence electrons. The maximum Gasteiger partial charge on any atom is 0.185 e. The molecule has 1 N–H and O–H groups in total. The van der Waals surface area contributed by atoms with Gasteiger partial charge in [-0.15, -0.1) is 0 Å². The van der Waals surface area contributed by atoms with E-state index in [0.717, 1.165) is 23.4 Å². The van der Waals surface area contributed by atoms with Crippen molar-refractivity contribution in [1.29, 1.82) is 0 Å². The number of hydrogen-bond acceptors (Lipinski definition) is 1. The summed E-state index contributed by atoms with van der Waals surface area (Å²) in [6.45, 7) is 10.2. The van der Waals surface area contributed by atoms with E-state index in [0.29, 0.717) is 0 Å². The summed E-state index contributed by atoms with van der Waals surface area (Å²) < 4.78 is 0. The molecule has 0 aliphatic heterocycles. The van der Waals surface area contributed by atoms with Gasteiger partial charge >= 0.3 is 0 Å². The van der Waals surface area contributed by atoms with Gasteiger partial charge in [-0.1, -0.05) is 20.8 Å². The van der Waals surface area contributed by atoms with E-state index >= 15 is 0 Å². The molecule has 1 rings (SSSR count). The maximum atomic E-state index is 11.8. The third-order valence-electron chi connectivity index (χ3n) is 2.91. The summed E-state index contributed by atoms with van der Waals surface area (Å²) in [5.41, 5.74) is 2.98. The lowest BCUT2D eigenvalue weighted by molar-refractivity contribution is 0.496. The lowest BCUT2D eigenvalue weighted by Gasteiger charge is -2.24. The molecular weight excluding hydrogens is 174 g/mol. The highest BCUT2D eigenvalue weighted by Crippen LogP contribution is 2.25. The molecule has 0 atom stereocenters. The summed E-state index contributed by atoms with van der Waals surface area (Å²) in [4.78, 5) is 15.1. The van der Waals surface area contributed by atoms with Crippen molar-refractivity contribution in [3.05, 3.63) is 33.2 Å². The Morgan fingerprint density at radius 1 is 1.36 bits per heavy atom. The Kier molecular flexibility index (Phi) is 2.84. The monoisotopic (exact) mass is 193 g/mol. The van der Waals surface area contributed by atoms with Crippen molar-refractivity contribution in [2.24, 2.45) is 0 Å². The lowest BCUT2D eigenvalue weighted by atomic mass is 9.81. The largest absolute Gasteiger partial charge is 0.362 e. The fourth-order valence-corrected chi connectivity index (χ4v) is 1.87. The Morgan fingerprint density at radius 3 is 2.36 bits per heavy atom. The smallest absolute Gasteiger partial charge is 0.185 e. The number of aromatic nitrogens is 1. The van der Waals surface area contributed by atoms with Gasteiger partial charge in [0, 0.05) is 23.0 Å². The Morgan fingerprint density at radius 2 is 1.93 bits per heavy atom. The predicted octanol–water partition coefficient (Wildman–Crippen LogP) is 2.68. The van der Waals surface area contributed by atoms with Crippen LogP contribution in [0.15, 0.2) is 10.9 Å². The molecular formula is C12H19NO. The van der Waals surface area contributed by atoms with Crippen LogP contribution in [0.3, 0.4) is 0 Å². The quantitative estimate of drug-likeness (QED) is 0.769. The van der Waals surface area contributed by atoms with Crippen molar-refractivity contribution in [2.75, 3.05) is 0 Å². The Hall–Kier alpha value is -1.05. The Balaban J connectivity index is 3.43. The van der Waals surface area contributed by atoms with Crippen LogP contribution in [0, 0.1) is 13.8 Å². The van der Waals surface area contributed by atoms with E-state index in [1.54, 1.807) is 6.07 Å². The van der Waals surface area contributed by atoms with E-state index in [2.05, 4.69) is 25.8 Å². The molecule has 1 aromatic rings. The van der Waals surface area contributed by atoms with E-state index < -0.39 is 0 Å². The van der Waals surface area contributed by atoms with Crippen LogP contribution < -0.4 is 5.43 Å². The van der Waals surface area contributed by atoms with Crippen LogP contribution in [0.1, 0.15) is 44.1 Å². The normalized spacial score (nSPS) is 11.8. The van der Waals surface area contributed by atoms with Crippen LogP contribution in [0.25, 0.3) is 0 Å². The summed E-state index contributed by atoms with van der Waals surface area (Å²) in [6.07, 6.45) is 0.972. The van der Waals surface area contributed by atoms with E-state index in [1.807, 2.05) is 13.8 Å². The first-order chi connectivity index (χ1) is 6.38. The number of aryl methyl sites for hydroxylation is 2. The number of aromatic amines is 1. The van der Waals surface area contributed by atoms with Crippen molar-refractivity contribution in [2.45, 2.75) is 46.5 Å². The molecule has 0 fully saturated rings. The number of pyridine rings is 1. The standard InChI is InChI=1S/C12H19NO/c1-6-12(4,5)11-9(3)13-8(2)7-10(11)14/h7H,6H2,1-5H3,(H,13,14). The van der Waals surface area contributed by atoms with Gasteiger partial charge in [-0.25, -0.2) is 0 Å². The minimum atomic E-state index is -0.0363. The zero-order chi connectivity index (χ0) is 10.9. The molecule has 0 aliphatic carbocycles. The van der Waals surface area contributed by atoms with Crippen molar-refractivity contribution in [3.8, 4) is 0 Å². The molecule has 0 bridgehead atoms. The number of hydrogen-bond donors (Lipinski definition) is 1. The van der Waals surface area contributed by atoms with Crippen LogP contribution in [0.2, 0.25) is 0 Å². The van der Waals surface area contributed by atoms with Gasteiger partial charge in [0.2, 0.25) is 0 Å². The maximum absolute atomic E-state index is 11.8. The van der Waals surface area contributed by atoms with Gasteiger partial charge in [0.15, 0.2) is 5.43 Å². The highest BCUT2D eigenvalue weighted by atomic mass is 16.1. The number of nitrogens with one attached hydrogen (secondary N) is 1. The zero-order valence-electron chi connectivity index (χ0n) is 9.69. The van der Waals surface area contributed by atoms with Crippen LogP contribution in [0.5, 0.6) is 0 Å². The molecule has 0 amide bonds. The Labute approximate surface area is 85.4 Å². The summed E-state index contributed by atoms with van der Waals surface area (Å²) in [6, 6.07) is 1.68. The summed E-state index contributed by atoms with van der Waals surface area (Å²) in [7, 11) is 0. The highest BCUT2D eigenvalue weighted by Gasteiger charge is 2.23. The van der Waals surface area contributed by atoms with Gasteiger partial charge in [-0.05, 0) is 25.7 Å². The van der Waals surface area contributed by atoms with Gasteiger partial charge < -0.3 is 4.98 Å². The first-order valence-electron chi connectivity index (χ1n) is 5.09. The SMILES string of the molecule is CCC(C)(C)c1c(C)[nH]c(C)cc1=O. The molecule has 0 spiro atoms. The van der Waals surface area contributed by atoms with E-state index in [4.69, 9.17) is 0 Å². The van der Waals surface area contributed by atoms with Crippen molar-refractivity contribution >= 4 is 0 Å². The number of H-pyrrole nitrogens is 1.